The van der Waals surface area contributed by atoms with Gasteiger partial charge in [0, 0.05) is 11.9 Å². The third kappa shape index (κ3) is 6.50. The normalized spacial score (nSPS) is 9.39. The molecule has 0 atom stereocenters. The highest BCUT2D eigenvalue weighted by molar-refractivity contribution is 5.87. The van der Waals surface area contributed by atoms with Crippen molar-refractivity contribution in [3.8, 4) is 17.5 Å². The van der Waals surface area contributed by atoms with Crippen molar-refractivity contribution in [2.75, 3.05) is 11.5 Å². The van der Waals surface area contributed by atoms with Crippen LogP contribution in [0.5, 0.6) is 0 Å². The third-order valence-corrected chi connectivity index (χ3v) is 4.30. The summed E-state index contributed by atoms with van der Waals surface area (Å²) in [5.41, 5.74) is 17.4. The van der Waals surface area contributed by atoms with Crippen molar-refractivity contribution in [3.05, 3.63) is 59.5 Å². The van der Waals surface area contributed by atoms with E-state index in [0.717, 1.165) is 16.8 Å². The predicted molar refractivity (Wildman–Crippen MR) is 136 cm³/mol. The molecule has 8 nitrogen and oxygen atoms in total. The maximum atomic E-state index is 9.12. The maximum Gasteiger partial charge on any atom is 0.222 e. The molecule has 0 amide bonds. The zero-order valence-electron chi connectivity index (χ0n) is 20.6. The number of anilines is 2. The van der Waals surface area contributed by atoms with Gasteiger partial charge in [0.05, 0.1) is 30.2 Å². The topological polar surface area (TPSA) is 132 Å². The third-order valence-electron chi connectivity index (χ3n) is 4.30. The van der Waals surface area contributed by atoms with Crippen LogP contribution >= 0.6 is 0 Å². The number of rotatable bonds is 3. The van der Waals surface area contributed by atoms with Crippen LogP contribution in [0.25, 0.3) is 22.6 Å². The van der Waals surface area contributed by atoms with Crippen LogP contribution in [0.4, 0.5) is 11.6 Å². The molecule has 1 aromatic carbocycles. The quantitative estimate of drug-likeness (QED) is 0.405. The summed E-state index contributed by atoms with van der Waals surface area (Å²) in [5, 5.41) is 9.12. The van der Waals surface area contributed by atoms with E-state index in [4.69, 9.17) is 16.7 Å². The molecule has 4 N–H and O–H groups in total. The Morgan fingerprint density at radius 2 is 1.64 bits per heavy atom. The summed E-state index contributed by atoms with van der Waals surface area (Å²) in [4.78, 5) is 17.4. The van der Waals surface area contributed by atoms with E-state index < -0.39 is 0 Å². The lowest BCUT2D eigenvalue weighted by Gasteiger charge is -2.08. The number of aryl methyl sites for hydroxylation is 1. The van der Waals surface area contributed by atoms with Crippen LogP contribution < -0.4 is 11.5 Å². The van der Waals surface area contributed by atoms with E-state index in [1.807, 2.05) is 71.2 Å². The molecule has 4 aromatic rings. The van der Waals surface area contributed by atoms with Crippen molar-refractivity contribution in [2.45, 2.75) is 55.0 Å². The van der Waals surface area contributed by atoms with E-state index in [1.54, 1.807) is 24.7 Å². The molecule has 174 valence electrons. The number of hydrogen-bond donors (Lipinski definition) is 2. The average molecular weight is 447 g/mol. The van der Waals surface area contributed by atoms with Crippen molar-refractivity contribution in [1.29, 1.82) is 5.26 Å². The van der Waals surface area contributed by atoms with Gasteiger partial charge in [0.2, 0.25) is 5.95 Å². The first kappa shape index (κ1) is 27.0. The highest BCUT2D eigenvalue weighted by atomic mass is 15.1. The highest BCUT2D eigenvalue weighted by Gasteiger charge is 2.15. The Morgan fingerprint density at radius 3 is 2.27 bits per heavy atom. The number of nitriles is 1. The average Bonchev–Trinajstić information content (AvgIpc) is 3.27. The summed E-state index contributed by atoms with van der Waals surface area (Å²) in [6, 6.07) is 11.3. The van der Waals surface area contributed by atoms with Crippen LogP contribution in [0.2, 0.25) is 0 Å². The van der Waals surface area contributed by atoms with Crippen LogP contribution in [-0.2, 0) is 6.54 Å². The highest BCUT2D eigenvalue weighted by Crippen LogP contribution is 2.25. The van der Waals surface area contributed by atoms with Crippen molar-refractivity contribution in [3.63, 3.8) is 0 Å². The number of fused-ring (bicyclic) bond motifs is 1. The van der Waals surface area contributed by atoms with Gasteiger partial charge in [-0.25, -0.2) is 9.97 Å². The largest absolute Gasteiger partial charge is 0.399 e. The Kier molecular flexibility index (Phi) is 11.0. The summed E-state index contributed by atoms with van der Waals surface area (Å²) in [6.45, 7) is 14.5. The number of nitrogen functional groups attached to an aromatic ring is 2. The number of hydrogen-bond acceptors (Lipinski definition) is 7. The van der Waals surface area contributed by atoms with Gasteiger partial charge in [-0.05, 0) is 36.2 Å². The van der Waals surface area contributed by atoms with Crippen LogP contribution in [0.3, 0.4) is 0 Å². The van der Waals surface area contributed by atoms with Crippen LogP contribution in [0.15, 0.2) is 42.9 Å². The van der Waals surface area contributed by atoms with Crippen molar-refractivity contribution >= 4 is 22.8 Å². The van der Waals surface area contributed by atoms with Gasteiger partial charge in [0.25, 0.3) is 0 Å². The van der Waals surface area contributed by atoms with E-state index in [9.17, 15) is 0 Å². The summed E-state index contributed by atoms with van der Waals surface area (Å²) in [6.07, 6.45) is 3.26. The van der Waals surface area contributed by atoms with Gasteiger partial charge >= 0.3 is 0 Å². The second-order valence-corrected chi connectivity index (χ2v) is 6.21. The number of nitrogens with zero attached hydrogens (tertiary/aromatic N) is 6. The molecule has 0 saturated heterocycles. The van der Waals surface area contributed by atoms with Gasteiger partial charge < -0.3 is 16.0 Å². The molecule has 3 heterocycles. The molecule has 0 aliphatic rings. The Morgan fingerprint density at radius 1 is 0.939 bits per heavy atom. The summed E-state index contributed by atoms with van der Waals surface area (Å²) >= 11 is 0. The van der Waals surface area contributed by atoms with Crippen LogP contribution in [0.1, 0.15) is 58.2 Å². The summed E-state index contributed by atoms with van der Waals surface area (Å²) in [5.74, 6) is 0.122. The Balaban J connectivity index is 0.000000841. The van der Waals surface area contributed by atoms with E-state index in [-0.39, 0.29) is 5.95 Å². The molecule has 0 saturated carbocycles. The second-order valence-electron chi connectivity index (χ2n) is 6.21. The molecular formula is C25H34N8. The number of aromatic nitrogens is 5. The molecule has 0 unspecified atom stereocenters. The van der Waals surface area contributed by atoms with E-state index in [1.165, 1.54) is 0 Å². The van der Waals surface area contributed by atoms with Gasteiger partial charge in [-0.3, -0.25) is 4.98 Å². The van der Waals surface area contributed by atoms with Crippen molar-refractivity contribution < 1.29 is 0 Å². The SMILES string of the molecule is CC.CC.CC.Cc1cc(Cn2cnc3c(-c4cc(C#N)ccn4)nc(N)nc32)ccc1N. The van der Waals surface area contributed by atoms with Crippen LogP contribution in [0, 0.1) is 18.3 Å². The first-order valence-corrected chi connectivity index (χ1v) is 11.2. The van der Waals surface area contributed by atoms with Gasteiger partial charge in [0.1, 0.15) is 11.2 Å². The molecule has 0 aliphatic carbocycles. The zero-order chi connectivity index (χ0) is 25.0. The number of nitrogens with two attached hydrogens (primary N) is 2. The van der Waals surface area contributed by atoms with Crippen molar-refractivity contribution in [1.82, 2.24) is 24.5 Å². The predicted octanol–water partition coefficient (Wildman–Crippen LogP) is 5.36. The minimum absolute atomic E-state index is 0.122. The molecular weight excluding hydrogens is 412 g/mol. The lowest BCUT2D eigenvalue weighted by molar-refractivity contribution is 0.813. The van der Waals surface area contributed by atoms with E-state index >= 15 is 0 Å². The second kappa shape index (κ2) is 13.4. The monoisotopic (exact) mass is 446 g/mol. The fourth-order valence-corrected chi connectivity index (χ4v) is 2.92. The molecule has 3 aromatic heterocycles. The molecule has 0 fully saturated rings. The molecule has 33 heavy (non-hydrogen) atoms. The standard InChI is InChI=1S/C19H16N8.3C2H6/c1-11-6-13(2-3-14(11)21)9-27-10-24-17-16(25-19(22)26-18(17)27)15-7-12(8-20)4-5-23-15;3*1-2/h2-7,10H,9,21H2,1H3,(H2,22,25,26);3*1-2H3. The fraction of sp³-hybridized carbons (Fsp3) is 0.320. The first-order chi connectivity index (χ1) is 16.0. The fourth-order valence-electron chi connectivity index (χ4n) is 2.92. The number of pyridine rings is 1. The Hall–Kier alpha value is -3.99. The van der Waals surface area contributed by atoms with Gasteiger partial charge in [-0.15, -0.1) is 0 Å². The molecule has 0 aliphatic heterocycles. The summed E-state index contributed by atoms with van der Waals surface area (Å²) in [7, 11) is 0. The molecule has 4 rings (SSSR count). The lowest BCUT2D eigenvalue weighted by Crippen LogP contribution is -2.04. The molecule has 0 spiro atoms. The molecule has 8 heteroatoms. The number of imidazole rings is 1. The van der Waals surface area contributed by atoms with Gasteiger partial charge in [-0.1, -0.05) is 53.7 Å². The maximum absolute atomic E-state index is 9.12. The van der Waals surface area contributed by atoms with Gasteiger partial charge in [-0.2, -0.15) is 10.2 Å². The van der Waals surface area contributed by atoms with Crippen molar-refractivity contribution in [2.24, 2.45) is 0 Å². The Labute approximate surface area is 196 Å². The smallest absolute Gasteiger partial charge is 0.222 e. The first-order valence-electron chi connectivity index (χ1n) is 11.2. The number of benzene rings is 1. The zero-order valence-corrected chi connectivity index (χ0v) is 20.6. The Bertz CT molecular complexity index is 1200. The lowest BCUT2D eigenvalue weighted by atomic mass is 10.1. The minimum Gasteiger partial charge on any atom is -0.399 e. The molecule has 0 radical (unpaired) electrons. The minimum atomic E-state index is 0.122. The van der Waals surface area contributed by atoms with Gasteiger partial charge in [0.15, 0.2) is 5.65 Å². The van der Waals surface area contributed by atoms with E-state index in [2.05, 4.69) is 26.0 Å². The van der Waals surface area contributed by atoms with E-state index in [0.29, 0.717) is 34.7 Å². The summed E-state index contributed by atoms with van der Waals surface area (Å²) < 4.78 is 1.90. The molecule has 0 bridgehead atoms. The van der Waals surface area contributed by atoms with Crippen LogP contribution in [-0.4, -0.2) is 24.5 Å².